The third-order valence-corrected chi connectivity index (χ3v) is 3.72. The molecule has 1 N–H and O–H groups in total. The third kappa shape index (κ3) is 3.80. The van der Waals surface area contributed by atoms with Crippen molar-refractivity contribution >= 4 is 33.2 Å². The van der Waals surface area contributed by atoms with Crippen LogP contribution in [0.2, 0.25) is 5.02 Å². The maximum absolute atomic E-state index is 13.6. The average molecular weight is 375 g/mol. The minimum Gasteiger partial charge on any atom is -0.494 e. The van der Waals surface area contributed by atoms with Gasteiger partial charge in [-0.25, -0.2) is 4.39 Å². The Balaban J connectivity index is 2.18. The highest BCUT2D eigenvalue weighted by Crippen LogP contribution is 2.36. The fourth-order valence-electron chi connectivity index (χ4n) is 1.92. The summed E-state index contributed by atoms with van der Waals surface area (Å²) in [6, 6.07) is 8.32. The predicted molar refractivity (Wildman–Crippen MR) is 86.0 cm³/mol. The highest BCUT2D eigenvalue weighted by Gasteiger charge is 2.10. The first-order valence-corrected chi connectivity index (χ1v) is 7.31. The molecule has 2 aromatic rings. The molecule has 0 saturated carbocycles. The lowest BCUT2D eigenvalue weighted by Crippen LogP contribution is -2.02. The van der Waals surface area contributed by atoms with Gasteiger partial charge in [-0.15, -0.1) is 0 Å². The van der Waals surface area contributed by atoms with E-state index >= 15 is 0 Å². The van der Waals surface area contributed by atoms with E-state index in [2.05, 4.69) is 21.2 Å². The van der Waals surface area contributed by atoms with E-state index in [1.165, 1.54) is 13.2 Å². The average Bonchev–Trinajstić information content (AvgIpc) is 2.44. The van der Waals surface area contributed by atoms with Gasteiger partial charge in [0.2, 0.25) is 0 Å². The van der Waals surface area contributed by atoms with Crippen molar-refractivity contribution in [3.05, 3.63) is 51.2 Å². The monoisotopic (exact) mass is 373 g/mol. The molecule has 0 spiro atoms. The summed E-state index contributed by atoms with van der Waals surface area (Å²) in [6.45, 7) is 0.435. The molecule has 0 aliphatic carbocycles. The molecule has 0 fully saturated rings. The number of nitrogens with one attached hydrogen (secondary N) is 1. The minimum absolute atomic E-state index is 0.224. The fourth-order valence-corrected chi connectivity index (χ4v) is 2.89. The Labute approximate surface area is 136 Å². The van der Waals surface area contributed by atoms with Crippen molar-refractivity contribution in [3.8, 4) is 11.5 Å². The van der Waals surface area contributed by atoms with Crippen LogP contribution in [0.3, 0.4) is 0 Å². The summed E-state index contributed by atoms with van der Waals surface area (Å²) in [5.41, 5.74) is 1.51. The molecule has 21 heavy (non-hydrogen) atoms. The van der Waals surface area contributed by atoms with Gasteiger partial charge < -0.3 is 14.8 Å². The van der Waals surface area contributed by atoms with Crippen molar-refractivity contribution in [3.63, 3.8) is 0 Å². The normalized spacial score (nSPS) is 10.3. The molecule has 0 saturated heterocycles. The van der Waals surface area contributed by atoms with Gasteiger partial charge in [-0.2, -0.15) is 0 Å². The second-order valence-corrected chi connectivity index (χ2v) is 5.58. The SMILES string of the molecule is COc1ccc(CNc2cc(Cl)cc(Br)c2OC)cc1F. The summed E-state index contributed by atoms with van der Waals surface area (Å²) < 4.78 is 24.6. The number of hydrogen-bond acceptors (Lipinski definition) is 3. The number of benzene rings is 2. The molecule has 6 heteroatoms. The lowest BCUT2D eigenvalue weighted by atomic mass is 10.2. The molecule has 0 radical (unpaired) electrons. The molecular weight excluding hydrogens is 361 g/mol. The fraction of sp³-hybridized carbons (Fsp3) is 0.200. The second kappa shape index (κ2) is 7.00. The summed E-state index contributed by atoms with van der Waals surface area (Å²) in [6.07, 6.45) is 0. The van der Waals surface area contributed by atoms with Gasteiger partial charge >= 0.3 is 0 Å². The molecular formula is C15H14BrClFNO2. The maximum Gasteiger partial charge on any atom is 0.165 e. The molecule has 0 bridgehead atoms. The Morgan fingerprint density at radius 1 is 1.19 bits per heavy atom. The van der Waals surface area contributed by atoms with Gasteiger partial charge in [0.25, 0.3) is 0 Å². The van der Waals surface area contributed by atoms with E-state index in [0.717, 1.165) is 15.7 Å². The Hall–Kier alpha value is -1.46. The van der Waals surface area contributed by atoms with Crippen LogP contribution in [0.25, 0.3) is 0 Å². The van der Waals surface area contributed by atoms with Crippen LogP contribution >= 0.6 is 27.5 Å². The number of hydrogen-bond donors (Lipinski definition) is 1. The van der Waals surface area contributed by atoms with E-state index in [1.807, 2.05) is 0 Å². The van der Waals surface area contributed by atoms with Gasteiger partial charge in [0.15, 0.2) is 17.3 Å². The summed E-state index contributed by atoms with van der Waals surface area (Å²) in [5, 5.41) is 3.75. The summed E-state index contributed by atoms with van der Waals surface area (Å²) >= 11 is 9.41. The van der Waals surface area contributed by atoms with Gasteiger partial charge in [-0.1, -0.05) is 17.7 Å². The van der Waals surface area contributed by atoms with Crippen LogP contribution in [0.1, 0.15) is 5.56 Å². The van der Waals surface area contributed by atoms with E-state index in [9.17, 15) is 4.39 Å². The molecule has 0 aromatic heterocycles. The van der Waals surface area contributed by atoms with Crippen molar-refractivity contribution < 1.29 is 13.9 Å². The first-order chi connectivity index (χ1) is 10.0. The minimum atomic E-state index is -0.393. The van der Waals surface area contributed by atoms with Crippen molar-refractivity contribution in [2.45, 2.75) is 6.54 Å². The van der Waals surface area contributed by atoms with E-state index < -0.39 is 5.82 Å². The number of halogens is 3. The van der Waals surface area contributed by atoms with Crippen molar-refractivity contribution in [2.75, 3.05) is 19.5 Å². The molecule has 112 valence electrons. The lowest BCUT2D eigenvalue weighted by molar-refractivity contribution is 0.386. The number of methoxy groups -OCH3 is 2. The predicted octanol–water partition coefficient (Wildman–Crippen LogP) is 4.87. The zero-order chi connectivity index (χ0) is 15.4. The van der Waals surface area contributed by atoms with Crippen LogP contribution in [-0.2, 0) is 6.54 Å². The van der Waals surface area contributed by atoms with Crippen LogP contribution in [0.15, 0.2) is 34.8 Å². The Kier molecular flexibility index (Phi) is 5.31. The van der Waals surface area contributed by atoms with Crippen LogP contribution < -0.4 is 14.8 Å². The second-order valence-electron chi connectivity index (χ2n) is 4.29. The summed E-state index contributed by atoms with van der Waals surface area (Å²) in [4.78, 5) is 0. The van der Waals surface area contributed by atoms with Crippen LogP contribution in [0.4, 0.5) is 10.1 Å². The van der Waals surface area contributed by atoms with E-state index in [-0.39, 0.29) is 5.75 Å². The quantitative estimate of drug-likeness (QED) is 0.810. The van der Waals surface area contributed by atoms with E-state index in [4.69, 9.17) is 21.1 Å². The number of anilines is 1. The molecule has 0 amide bonds. The van der Waals surface area contributed by atoms with E-state index in [1.54, 1.807) is 31.4 Å². The molecule has 2 rings (SSSR count). The molecule has 3 nitrogen and oxygen atoms in total. The smallest absolute Gasteiger partial charge is 0.165 e. The first kappa shape index (κ1) is 15.9. The zero-order valence-corrected chi connectivity index (χ0v) is 13.9. The van der Waals surface area contributed by atoms with Crippen molar-refractivity contribution in [2.24, 2.45) is 0 Å². The Morgan fingerprint density at radius 2 is 1.95 bits per heavy atom. The number of ether oxygens (including phenoxy) is 2. The number of rotatable bonds is 5. The standard InChI is InChI=1S/C15H14BrClFNO2/c1-20-14-4-3-9(5-12(14)18)8-19-13-7-10(17)6-11(16)15(13)21-2/h3-7,19H,8H2,1-2H3. The van der Waals surface area contributed by atoms with Crippen LogP contribution in [-0.4, -0.2) is 14.2 Å². The molecule has 2 aromatic carbocycles. The van der Waals surface area contributed by atoms with Gasteiger partial charge in [0.05, 0.1) is 24.4 Å². The summed E-state index contributed by atoms with van der Waals surface area (Å²) in [7, 11) is 3.01. The van der Waals surface area contributed by atoms with Gasteiger partial charge in [0.1, 0.15) is 0 Å². The van der Waals surface area contributed by atoms with Gasteiger partial charge in [-0.3, -0.25) is 0 Å². The summed E-state index contributed by atoms with van der Waals surface area (Å²) in [5.74, 6) is 0.478. The lowest BCUT2D eigenvalue weighted by Gasteiger charge is -2.13. The molecule has 0 aliphatic heterocycles. The molecule has 0 heterocycles. The maximum atomic E-state index is 13.6. The topological polar surface area (TPSA) is 30.5 Å². The van der Waals surface area contributed by atoms with Crippen molar-refractivity contribution in [1.82, 2.24) is 0 Å². The van der Waals surface area contributed by atoms with Crippen LogP contribution in [0, 0.1) is 5.82 Å². The largest absolute Gasteiger partial charge is 0.494 e. The van der Waals surface area contributed by atoms with E-state index in [0.29, 0.717) is 17.3 Å². The molecule has 0 atom stereocenters. The Morgan fingerprint density at radius 3 is 2.57 bits per heavy atom. The Bertz CT molecular complexity index is 652. The molecule has 0 aliphatic rings. The zero-order valence-electron chi connectivity index (χ0n) is 11.5. The third-order valence-electron chi connectivity index (χ3n) is 2.91. The highest BCUT2D eigenvalue weighted by molar-refractivity contribution is 9.10. The van der Waals surface area contributed by atoms with Crippen LogP contribution in [0.5, 0.6) is 11.5 Å². The highest BCUT2D eigenvalue weighted by atomic mass is 79.9. The van der Waals surface area contributed by atoms with Gasteiger partial charge in [0, 0.05) is 11.6 Å². The van der Waals surface area contributed by atoms with Gasteiger partial charge in [-0.05, 0) is 45.8 Å². The first-order valence-electron chi connectivity index (χ1n) is 6.14. The molecule has 0 unspecified atom stereocenters. The van der Waals surface area contributed by atoms with Crippen molar-refractivity contribution in [1.29, 1.82) is 0 Å².